The van der Waals surface area contributed by atoms with E-state index in [4.69, 9.17) is 0 Å². The molecule has 162 valence electrons. The molecule has 7 nitrogen and oxygen atoms in total. The normalized spacial score (nSPS) is 12.2. The number of benzene rings is 1. The Labute approximate surface area is 195 Å². The van der Waals surface area contributed by atoms with Crippen LogP contribution in [0.25, 0.3) is 0 Å². The van der Waals surface area contributed by atoms with Crippen LogP contribution < -0.4 is 10.6 Å². The lowest BCUT2D eigenvalue weighted by Crippen LogP contribution is -2.36. The van der Waals surface area contributed by atoms with Gasteiger partial charge >= 0.3 is 0 Å². The predicted molar refractivity (Wildman–Crippen MR) is 131 cm³/mol. The van der Waals surface area contributed by atoms with E-state index in [0.29, 0.717) is 30.5 Å². The molecule has 1 heterocycles. The first-order valence-corrected chi connectivity index (χ1v) is 11.5. The van der Waals surface area contributed by atoms with Gasteiger partial charge in [0.25, 0.3) is 0 Å². The summed E-state index contributed by atoms with van der Waals surface area (Å²) in [4.78, 5) is 9.46. The van der Waals surface area contributed by atoms with Gasteiger partial charge in [-0.2, -0.15) is 0 Å². The number of sulfonamides is 1. The van der Waals surface area contributed by atoms with Crippen LogP contribution in [0.15, 0.2) is 39.5 Å². The summed E-state index contributed by atoms with van der Waals surface area (Å²) in [5, 5.41) is 9.53. The number of nitrogens with one attached hydrogen (secondary N) is 2. The third-order valence-corrected chi connectivity index (χ3v) is 6.83. The molecule has 0 aliphatic heterocycles. The Kier molecular flexibility index (Phi) is 10.5. The van der Waals surface area contributed by atoms with E-state index in [2.05, 4.69) is 39.8 Å². The van der Waals surface area contributed by atoms with Gasteiger partial charge in [-0.15, -0.1) is 35.3 Å². The molecule has 0 fully saturated rings. The molecular weight excluding hydrogens is 521 g/mol. The Morgan fingerprint density at radius 2 is 1.93 bits per heavy atom. The van der Waals surface area contributed by atoms with Crippen LogP contribution in [0, 0.1) is 0 Å². The molecule has 0 saturated heterocycles. The second-order valence-corrected chi connectivity index (χ2v) is 9.83. The van der Waals surface area contributed by atoms with Crippen LogP contribution in [0.4, 0.5) is 0 Å². The smallest absolute Gasteiger partial charge is 0.242 e. The van der Waals surface area contributed by atoms with Crippen molar-refractivity contribution in [2.75, 3.05) is 20.6 Å². The molecular formula is C19H30IN5O2S2. The van der Waals surface area contributed by atoms with E-state index >= 15 is 0 Å². The standard InChI is InChI=1S/C19H29N5O2S2.HI/c1-6-20-19(22-12-18-23-16(13-27-18)14(2)3)21-11-15-9-7-8-10-17(15)28(25,26)24(4)5;/h7-10,13-14H,6,11-12H2,1-5H3,(H2,20,21,22);1H. The van der Waals surface area contributed by atoms with Crippen molar-refractivity contribution in [2.24, 2.45) is 4.99 Å². The largest absolute Gasteiger partial charge is 0.357 e. The van der Waals surface area contributed by atoms with E-state index < -0.39 is 10.0 Å². The van der Waals surface area contributed by atoms with Crippen LogP contribution in [-0.4, -0.2) is 44.3 Å². The summed E-state index contributed by atoms with van der Waals surface area (Å²) < 4.78 is 26.3. The van der Waals surface area contributed by atoms with Gasteiger partial charge in [0.15, 0.2) is 5.96 Å². The van der Waals surface area contributed by atoms with E-state index in [1.807, 2.05) is 13.0 Å². The van der Waals surface area contributed by atoms with Crippen molar-refractivity contribution in [3.05, 3.63) is 45.9 Å². The summed E-state index contributed by atoms with van der Waals surface area (Å²) in [5.41, 5.74) is 1.75. The first-order chi connectivity index (χ1) is 13.3. The van der Waals surface area contributed by atoms with Crippen LogP contribution in [0.5, 0.6) is 0 Å². The second kappa shape index (κ2) is 11.8. The zero-order valence-corrected chi connectivity index (χ0v) is 21.4. The SMILES string of the molecule is CCNC(=NCc1ccccc1S(=O)(=O)N(C)C)NCc1nc(C(C)C)cs1.I. The van der Waals surface area contributed by atoms with E-state index in [-0.39, 0.29) is 35.4 Å². The Balaban J connectivity index is 0.00000420. The number of halogens is 1. The van der Waals surface area contributed by atoms with Crippen molar-refractivity contribution in [3.63, 3.8) is 0 Å². The lowest BCUT2D eigenvalue weighted by Gasteiger charge is -2.15. The van der Waals surface area contributed by atoms with E-state index in [1.54, 1.807) is 29.5 Å². The van der Waals surface area contributed by atoms with Crippen LogP contribution in [0.1, 0.15) is 43.0 Å². The van der Waals surface area contributed by atoms with Crippen molar-refractivity contribution >= 4 is 51.3 Å². The molecule has 29 heavy (non-hydrogen) atoms. The van der Waals surface area contributed by atoms with Gasteiger partial charge in [0.05, 0.1) is 23.7 Å². The van der Waals surface area contributed by atoms with Crippen molar-refractivity contribution < 1.29 is 8.42 Å². The molecule has 0 amide bonds. The highest BCUT2D eigenvalue weighted by Crippen LogP contribution is 2.19. The Hall–Kier alpha value is -1.24. The highest BCUT2D eigenvalue weighted by atomic mass is 127. The van der Waals surface area contributed by atoms with Gasteiger partial charge in [0.2, 0.25) is 10.0 Å². The number of aliphatic imine (C=N–C) groups is 1. The highest BCUT2D eigenvalue weighted by Gasteiger charge is 2.20. The molecule has 2 N–H and O–H groups in total. The van der Waals surface area contributed by atoms with Gasteiger partial charge in [-0.05, 0) is 24.5 Å². The van der Waals surface area contributed by atoms with Crippen molar-refractivity contribution in [1.29, 1.82) is 0 Å². The monoisotopic (exact) mass is 551 g/mol. The molecule has 1 aromatic heterocycles. The second-order valence-electron chi connectivity index (χ2n) is 6.76. The fourth-order valence-corrected chi connectivity index (χ4v) is 4.42. The minimum atomic E-state index is -3.51. The Morgan fingerprint density at radius 1 is 1.24 bits per heavy atom. The van der Waals surface area contributed by atoms with Crippen LogP contribution in [0.3, 0.4) is 0 Å². The van der Waals surface area contributed by atoms with Crippen molar-refractivity contribution in [3.8, 4) is 0 Å². The molecule has 2 rings (SSSR count). The third-order valence-electron chi connectivity index (χ3n) is 4.05. The third kappa shape index (κ3) is 7.19. The van der Waals surface area contributed by atoms with E-state index in [9.17, 15) is 8.42 Å². The predicted octanol–water partition coefficient (Wildman–Crippen LogP) is 3.39. The fourth-order valence-electron chi connectivity index (χ4n) is 2.42. The molecule has 0 aliphatic rings. The maximum absolute atomic E-state index is 12.5. The number of hydrogen-bond donors (Lipinski definition) is 2. The summed E-state index contributed by atoms with van der Waals surface area (Å²) >= 11 is 1.62. The zero-order chi connectivity index (χ0) is 20.7. The number of nitrogens with zero attached hydrogens (tertiary/aromatic N) is 3. The molecule has 2 aromatic rings. The molecule has 0 aliphatic carbocycles. The number of aromatic nitrogens is 1. The molecule has 0 bridgehead atoms. The first kappa shape index (κ1) is 25.8. The van der Waals surface area contributed by atoms with E-state index in [0.717, 1.165) is 10.7 Å². The summed E-state index contributed by atoms with van der Waals surface area (Å²) in [6.45, 7) is 7.77. The zero-order valence-electron chi connectivity index (χ0n) is 17.5. The fraction of sp³-hybridized carbons (Fsp3) is 0.474. The molecule has 0 atom stereocenters. The molecule has 1 aromatic carbocycles. The molecule has 10 heteroatoms. The van der Waals surface area contributed by atoms with Gasteiger partial charge < -0.3 is 10.6 Å². The minimum absolute atomic E-state index is 0. The van der Waals surface area contributed by atoms with Gasteiger partial charge in [-0.3, -0.25) is 0 Å². The molecule has 0 saturated carbocycles. The number of rotatable bonds is 8. The first-order valence-electron chi connectivity index (χ1n) is 9.22. The van der Waals surface area contributed by atoms with Crippen LogP contribution in [0.2, 0.25) is 0 Å². The maximum atomic E-state index is 12.5. The summed E-state index contributed by atoms with van der Waals surface area (Å²) in [6, 6.07) is 6.95. The van der Waals surface area contributed by atoms with Gasteiger partial charge in [-0.25, -0.2) is 22.7 Å². The average molecular weight is 552 g/mol. The van der Waals surface area contributed by atoms with Crippen LogP contribution in [-0.2, 0) is 23.1 Å². The number of guanidine groups is 1. The topological polar surface area (TPSA) is 86.7 Å². The lowest BCUT2D eigenvalue weighted by molar-refractivity contribution is 0.519. The molecule has 0 spiro atoms. The van der Waals surface area contributed by atoms with Crippen molar-refractivity contribution in [1.82, 2.24) is 19.9 Å². The van der Waals surface area contributed by atoms with Gasteiger partial charge in [0.1, 0.15) is 5.01 Å². The maximum Gasteiger partial charge on any atom is 0.242 e. The summed E-state index contributed by atoms with van der Waals surface area (Å²) in [5.74, 6) is 1.03. The minimum Gasteiger partial charge on any atom is -0.357 e. The van der Waals surface area contributed by atoms with Crippen LogP contribution >= 0.6 is 35.3 Å². The molecule has 0 unspecified atom stereocenters. The quantitative estimate of drug-likeness (QED) is 0.299. The number of hydrogen-bond acceptors (Lipinski definition) is 5. The highest BCUT2D eigenvalue weighted by molar-refractivity contribution is 14.0. The van der Waals surface area contributed by atoms with Gasteiger partial charge in [0, 0.05) is 26.0 Å². The van der Waals surface area contributed by atoms with E-state index in [1.165, 1.54) is 18.4 Å². The Bertz CT molecular complexity index is 911. The molecule has 0 radical (unpaired) electrons. The lowest BCUT2D eigenvalue weighted by atomic mass is 10.2. The summed E-state index contributed by atoms with van der Waals surface area (Å²) in [6.07, 6.45) is 0. The summed E-state index contributed by atoms with van der Waals surface area (Å²) in [7, 11) is -0.457. The van der Waals surface area contributed by atoms with Gasteiger partial charge in [-0.1, -0.05) is 32.0 Å². The van der Waals surface area contributed by atoms with Crippen molar-refractivity contribution in [2.45, 2.75) is 44.7 Å². The number of thiazole rings is 1. The Morgan fingerprint density at radius 3 is 2.52 bits per heavy atom. The average Bonchev–Trinajstić information content (AvgIpc) is 3.13.